The Kier molecular flexibility index (Phi) is 1.50. The van der Waals surface area contributed by atoms with E-state index in [4.69, 9.17) is 4.74 Å². The molecule has 2 aliphatic heterocycles. The summed E-state index contributed by atoms with van der Waals surface area (Å²) in [6.45, 7) is 0. The van der Waals surface area contributed by atoms with Gasteiger partial charge in [-0.05, 0) is 12.8 Å². The van der Waals surface area contributed by atoms with Crippen LogP contribution < -0.4 is 0 Å². The molecule has 0 aromatic heterocycles. The minimum Gasteiger partial charge on any atom is -0.365 e. The summed E-state index contributed by atoms with van der Waals surface area (Å²) in [4.78, 5) is 0. The predicted molar refractivity (Wildman–Crippen MR) is 38.7 cm³/mol. The third-order valence-corrected chi connectivity index (χ3v) is 2.65. The first-order valence-electron chi connectivity index (χ1n) is 4.27. The Bertz CT molecular complexity index is 141. The van der Waals surface area contributed by atoms with Gasteiger partial charge in [0.05, 0.1) is 0 Å². The molecule has 2 N–H and O–H groups in total. The summed E-state index contributed by atoms with van der Waals surface area (Å²) in [5.74, 6) is -2.02. The molecule has 2 fully saturated rings. The lowest BCUT2D eigenvalue weighted by atomic mass is 9.87. The van der Waals surface area contributed by atoms with Crippen LogP contribution in [-0.2, 0) is 4.74 Å². The van der Waals surface area contributed by atoms with Crippen LogP contribution in [0.2, 0.25) is 0 Å². The van der Waals surface area contributed by atoms with Crippen molar-refractivity contribution in [2.75, 3.05) is 0 Å². The molecule has 3 nitrogen and oxygen atoms in total. The molecule has 2 aliphatic rings. The third-order valence-electron chi connectivity index (χ3n) is 2.65. The second-order valence-corrected chi connectivity index (χ2v) is 3.70. The summed E-state index contributed by atoms with van der Waals surface area (Å²) >= 11 is 0. The van der Waals surface area contributed by atoms with Crippen molar-refractivity contribution in [1.29, 1.82) is 0 Å². The van der Waals surface area contributed by atoms with E-state index in [0.29, 0.717) is 25.7 Å². The number of fused-ring (bicyclic) bond motifs is 2. The van der Waals surface area contributed by atoms with Crippen molar-refractivity contribution in [3.63, 3.8) is 0 Å². The molecule has 0 spiro atoms. The van der Waals surface area contributed by atoms with Gasteiger partial charge in [-0.3, -0.25) is 0 Å². The summed E-state index contributed by atoms with van der Waals surface area (Å²) in [6, 6.07) is 0. The SMILES string of the molecule is OC12CCCC(O)(CCC1)O2. The Morgan fingerprint density at radius 1 is 0.818 bits per heavy atom. The van der Waals surface area contributed by atoms with Gasteiger partial charge in [0.1, 0.15) is 0 Å². The molecule has 0 aliphatic carbocycles. The van der Waals surface area contributed by atoms with Crippen LogP contribution in [0.15, 0.2) is 0 Å². The quantitative estimate of drug-likeness (QED) is 0.547. The zero-order valence-electron chi connectivity index (χ0n) is 6.55. The Morgan fingerprint density at radius 3 is 1.45 bits per heavy atom. The molecule has 11 heavy (non-hydrogen) atoms. The molecule has 0 aromatic carbocycles. The fraction of sp³-hybridized carbons (Fsp3) is 1.00. The second kappa shape index (κ2) is 2.19. The number of ether oxygens (including phenoxy) is 1. The summed E-state index contributed by atoms with van der Waals surface area (Å²) in [6.07, 6.45) is 4.44. The zero-order chi connectivity index (χ0) is 7.95. The molecule has 0 atom stereocenters. The maximum Gasteiger partial charge on any atom is 0.168 e. The summed E-state index contributed by atoms with van der Waals surface area (Å²) < 4.78 is 5.21. The lowest BCUT2D eigenvalue weighted by Crippen LogP contribution is -2.52. The number of rotatable bonds is 0. The molecular weight excluding hydrogens is 144 g/mol. The first-order chi connectivity index (χ1) is 5.12. The standard InChI is InChI=1S/C8H14O3/c9-7-3-1-4-8(10,11-7)6-2-5-7/h9-10H,1-6H2. The normalized spacial score (nSPS) is 50.7. The van der Waals surface area contributed by atoms with Crippen LogP contribution in [0.25, 0.3) is 0 Å². The first-order valence-corrected chi connectivity index (χ1v) is 4.27. The first kappa shape index (κ1) is 7.53. The van der Waals surface area contributed by atoms with Crippen LogP contribution in [0, 0.1) is 0 Å². The van der Waals surface area contributed by atoms with Crippen molar-refractivity contribution in [2.24, 2.45) is 0 Å². The van der Waals surface area contributed by atoms with Crippen molar-refractivity contribution in [2.45, 2.75) is 50.1 Å². The molecule has 0 aromatic rings. The van der Waals surface area contributed by atoms with Crippen LogP contribution in [0.4, 0.5) is 0 Å². The van der Waals surface area contributed by atoms with Crippen molar-refractivity contribution in [3.8, 4) is 0 Å². The number of hydrogen-bond acceptors (Lipinski definition) is 3. The molecule has 2 rings (SSSR count). The largest absolute Gasteiger partial charge is 0.365 e. The molecule has 0 amide bonds. The highest BCUT2D eigenvalue weighted by molar-refractivity contribution is 4.86. The molecule has 0 radical (unpaired) electrons. The van der Waals surface area contributed by atoms with Gasteiger partial charge in [0, 0.05) is 25.7 Å². The van der Waals surface area contributed by atoms with Crippen molar-refractivity contribution >= 4 is 0 Å². The van der Waals surface area contributed by atoms with E-state index in [-0.39, 0.29) is 0 Å². The molecule has 64 valence electrons. The third kappa shape index (κ3) is 1.28. The van der Waals surface area contributed by atoms with Crippen LogP contribution >= 0.6 is 0 Å². The Hall–Kier alpha value is -0.120. The van der Waals surface area contributed by atoms with E-state index in [0.717, 1.165) is 12.8 Å². The Balaban J connectivity index is 2.16. The maximum atomic E-state index is 9.68. The molecule has 3 heteroatoms. The zero-order valence-corrected chi connectivity index (χ0v) is 6.55. The molecule has 2 saturated heterocycles. The lowest BCUT2D eigenvalue weighted by Gasteiger charge is -2.46. The average molecular weight is 158 g/mol. The van der Waals surface area contributed by atoms with Gasteiger partial charge in [-0.1, -0.05) is 0 Å². The van der Waals surface area contributed by atoms with Gasteiger partial charge in [0.15, 0.2) is 11.6 Å². The van der Waals surface area contributed by atoms with Crippen LogP contribution in [0.1, 0.15) is 38.5 Å². The van der Waals surface area contributed by atoms with Crippen molar-refractivity contribution < 1.29 is 14.9 Å². The van der Waals surface area contributed by atoms with Crippen LogP contribution in [-0.4, -0.2) is 21.8 Å². The van der Waals surface area contributed by atoms with E-state index in [1.54, 1.807) is 0 Å². The summed E-state index contributed by atoms with van der Waals surface area (Å²) in [7, 11) is 0. The number of aliphatic hydroxyl groups is 2. The molecule has 0 saturated carbocycles. The predicted octanol–water partition coefficient (Wildman–Crippen LogP) is 0.748. The van der Waals surface area contributed by atoms with Crippen molar-refractivity contribution in [3.05, 3.63) is 0 Å². The van der Waals surface area contributed by atoms with Gasteiger partial charge >= 0.3 is 0 Å². The lowest BCUT2D eigenvalue weighted by molar-refractivity contribution is -0.378. The van der Waals surface area contributed by atoms with Gasteiger partial charge in [-0.25, -0.2) is 0 Å². The van der Waals surface area contributed by atoms with E-state index in [1.165, 1.54) is 0 Å². The fourth-order valence-electron chi connectivity index (χ4n) is 2.09. The van der Waals surface area contributed by atoms with E-state index in [1.807, 2.05) is 0 Å². The van der Waals surface area contributed by atoms with E-state index in [2.05, 4.69) is 0 Å². The highest BCUT2D eigenvalue weighted by atomic mass is 16.7. The maximum absolute atomic E-state index is 9.68. The van der Waals surface area contributed by atoms with E-state index >= 15 is 0 Å². The fourth-order valence-corrected chi connectivity index (χ4v) is 2.09. The Morgan fingerprint density at radius 2 is 1.18 bits per heavy atom. The van der Waals surface area contributed by atoms with Gasteiger partial charge in [0.2, 0.25) is 0 Å². The van der Waals surface area contributed by atoms with Crippen LogP contribution in [0.5, 0.6) is 0 Å². The van der Waals surface area contributed by atoms with Gasteiger partial charge in [-0.2, -0.15) is 0 Å². The minimum absolute atomic E-state index is 0.676. The van der Waals surface area contributed by atoms with Gasteiger partial charge in [-0.15, -0.1) is 0 Å². The molecule has 2 heterocycles. The number of hydrogen-bond donors (Lipinski definition) is 2. The smallest absolute Gasteiger partial charge is 0.168 e. The van der Waals surface area contributed by atoms with Crippen LogP contribution in [0.3, 0.4) is 0 Å². The molecular formula is C8H14O3. The summed E-state index contributed by atoms with van der Waals surface area (Å²) in [5, 5.41) is 19.4. The minimum atomic E-state index is -1.01. The van der Waals surface area contributed by atoms with Crippen molar-refractivity contribution in [1.82, 2.24) is 0 Å². The van der Waals surface area contributed by atoms with Gasteiger partial charge < -0.3 is 14.9 Å². The van der Waals surface area contributed by atoms with Gasteiger partial charge in [0.25, 0.3) is 0 Å². The highest BCUT2D eigenvalue weighted by Crippen LogP contribution is 2.42. The average Bonchev–Trinajstić information content (AvgIpc) is 1.83. The topological polar surface area (TPSA) is 49.7 Å². The summed E-state index contributed by atoms with van der Waals surface area (Å²) in [5.41, 5.74) is 0. The van der Waals surface area contributed by atoms with E-state index in [9.17, 15) is 10.2 Å². The molecule has 0 unspecified atom stereocenters. The Labute approximate surface area is 66.0 Å². The highest BCUT2D eigenvalue weighted by Gasteiger charge is 2.46. The monoisotopic (exact) mass is 158 g/mol. The second-order valence-electron chi connectivity index (χ2n) is 3.70. The molecule has 2 bridgehead atoms. The van der Waals surface area contributed by atoms with E-state index < -0.39 is 11.6 Å².